The molecule has 32 heavy (non-hydrogen) atoms. The van der Waals surface area contributed by atoms with Crippen LogP contribution in [0.15, 0.2) is 65.8 Å². The lowest BCUT2D eigenvalue weighted by molar-refractivity contribution is 0.297. The molecule has 0 atom stereocenters. The molecule has 3 aromatic rings. The molecule has 0 bridgehead atoms. The first-order valence-electron chi connectivity index (χ1n) is 10.5. The maximum absolute atomic E-state index is 5.79. The smallest absolute Gasteiger partial charge is 0.196 e. The van der Waals surface area contributed by atoms with Crippen molar-refractivity contribution in [3.8, 4) is 17.2 Å². The maximum atomic E-state index is 5.79. The minimum absolute atomic E-state index is 0. The van der Waals surface area contributed by atoms with Gasteiger partial charge in [-0.15, -0.1) is 24.0 Å². The minimum atomic E-state index is 0. The summed E-state index contributed by atoms with van der Waals surface area (Å²) in [5.74, 6) is 3.06. The number of guanidine groups is 1. The fraction of sp³-hybridized carbons (Fsp3) is 0.304. The van der Waals surface area contributed by atoms with Gasteiger partial charge in [-0.3, -0.25) is 5.10 Å². The van der Waals surface area contributed by atoms with Crippen LogP contribution in [0.25, 0.3) is 0 Å². The number of fused-ring (bicyclic) bond motifs is 1. The zero-order chi connectivity index (χ0) is 21.1. The number of H-pyrrole nitrogens is 1. The highest BCUT2D eigenvalue weighted by molar-refractivity contribution is 14.0. The van der Waals surface area contributed by atoms with Gasteiger partial charge in [-0.2, -0.15) is 5.10 Å². The summed E-state index contributed by atoms with van der Waals surface area (Å²) in [6, 6.07) is 17.5. The molecule has 0 radical (unpaired) electrons. The summed E-state index contributed by atoms with van der Waals surface area (Å²) in [5, 5.41) is 13.6. The largest absolute Gasteiger partial charge is 0.494 e. The van der Waals surface area contributed by atoms with Crippen molar-refractivity contribution in [3.63, 3.8) is 0 Å². The van der Waals surface area contributed by atoms with Crippen LogP contribution in [0.2, 0.25) is 0 Å². The first kappa shape index (κ1) is 23.7. The molecule has 0 unspecified atom stereocenters. The Balaban J connectivity index is 0.00000289. The minimum Gasteiger partial charge on any atom is -0.494 e. The van der Waals surface area contributed by atoms with Crippen LogP contribution in [-0.4, -0.2) is 42.5 Å². The normalized spacial score (nSPS) is 12.9. The second kappa shape index (κ2) is 12.8. The summed E-state index contributed by atoms with van der Waals surface area (Å²) in [4.78, 5) is 4.66. The van der Waals surface area contributed by atoms with Crippen LogP contribution >= 0.6 is 24.0 Å². The SMILES string of the molecule is I.c1ccc(OCCCNC(=NCc2ccn[nH]2)Nc2ccc3c(c2)OCCCO3)cc1. The van der Waals surface area contributed by atoms with Crippen molar-refractivity contribution in [2.45, 2.75) is 19.4 Å². The van der Waals surface area contributed by atoms with Crippen molar-refractivity contribution in [3.05, 3.63) is 66.5 Å². The molecule has 0 saturated heterocycles. The molecule has 1 aromatic heterocycles. The highest BCUT2D eigenvalue weighted by Crippen LogP contribution is 2.32. The molecule has 1 aliphatic heterocycles. The number of nitrogens with zero attached hydrogens (tertiary/aromatic N) is 2. The Morgan fingerprint density at radius 1 is 1.06 bits per heavy atom. The Morgan fingerprint density at radius 3 is 2.72 bits per heavy atom. The quantitative estimate of drug-likeness (QED) is 0.169. The predicted molar refractivity (Wildman–Crippen MR) is 135 cm³/mol. The molecule has 2 heterocycles. The van der Waals surface area contributed by atoms with E-state index in [1.165, 1.54) is 0 Å². The van der Waals surface area contributed by atoms with Crippen molar-refractivity contribution in [1.82, 2.24) is 15.5 Å². The van der Waals surface area contributed by atoms with E-state index in [2.05, 4.69) is 25.8 Å². The third-order valence-electron chi connectivity index (χ3n) is 4.60. The summed E-state index contributed by atoms with van der Waals surface area (Å²) >= 11 is 0. The van der Waals surface area contributed by atoms with Crippen LogP contribution in [0.5, 0.6) is 17.2 Å². The second-order valence-corrected chi connectivity index (χ2v) is 7.03. The number of ether oxygens (including phenoxy) is 3. The molecule has 2 aromatic carbocycles. The molecule has 0 spiro atoms. The van der Waals surface area contributed by atoms with Gasteiger partial charge in [-0.1, -0.05) is 18.2 Å². The Morgan fingerprint density at radius 2 is 1.91 bits per heavy atom. The molecule has 170 valence electrons. The molecule has 8 nitrogen and oxygen atoms in total. The lowest BCUT2D eigenvalue weighted by Crippen LogP contribution is -2.32. The number of anilines is 1. The lowest BCUT2D eigenvalue weighted by atomic mass is 10.2. The van der Waals surface area contributed by atoms with Crippen molar-refractivity contribution in [1.29, 1.82) is 0 Å². The summed E-state index contributed by atoms with van der Waals surface area (Å²) in [6.07, 6.45) is 3.43. The Labute approximate surface area is 204 Å². The van der Waals surface area contributed by atoms with Crippen LogP contribution in [0.1, 0.15) is 18.5 Å². The van der Waals surface area contributed by atoms with Gasteiger partial charge in [-0.05, 0) is 36.8 Å². The van der Waals surface area contributed by atoms with Crippen LogP contribution < -0.4 is 24.8 Å². The molecule has 0 aliphatic carbocycles. The fourth-order valence-electron chi connectivity index (χ4n) is 3.04. The average molecular weight is 549 g/mol. The predicted octanol–water partition coefficient (Wildman–Crippen LogP) is 4.22. The van der Waals surface area contributed by atoms with Gasteiger partial charge in [0.15, 0.2) is 17.5 Å². The molecule has 0 saturated carbocycles. The van der Waals surface area contributed by atoms with Gasteiger partial charge in [0.25, 0.3) is 0 Å². The number of benzene rings is 2. The summed E-state index contributed by atoms with van der Waals surface area (Å²) in [7, 11) is 0. The Hall–Kier alpha value is -2.95. The zero-order valence-corrected chi connectivity index (χ0v) is 20.1. The monoisotopic (exact) mass is 549 g/mol. The highest BCUT2D eigenvalue weighted by Gasteiger charge is 2.11. The van der Waals surface area contributed by atoms with E-state index in [-0.39, 0.29) is 24.0 Å². The van der Waals surface area contributed by atoms with E-state index in [9.17, 15) is 0 Å². The average Bonchev–Trinajstić information content (AvgIpc) is 3.22. The lowest BCUT2D eigenvalue weighted by Gasteiger charge is -2.15. The van der Waals surface area contributed by atoms with E-state index in [4.69, 9.17) is 14.2 Å². The van der Waals surface area contributed by atoms with E-state index >= 15 is 0 Å². The number of para-hydroxylation sites is 1. The van der Waals surface area contributed by atoms with Gasteiger partial charge in [0.2, 0.25) is 0 Å². The summed E-state index contributed by atoms with van der Waals surface area (Å²) in [5.41, 5.74) is 1.81. The molecule has 0 amide bonds. The zero-order valence-electron chi connectivity index (χ0n) is 17.8. The van der Waals surface area contributed by atoms with Crippen LogP contribution in [0.3, 0.4) is 0 Å². The van der Waals surface area contributed by atoms with Gasteiger partial charge in [-0.25, -0.2) is 4.99 Å². The molecule has 9 heteroatoms. The van der Waals surface area contributed by atoms with Crippen molar-refractivity contribution < 1.29 is 14.2 Å². The number of hydrogen-bond donors (Lipinski definition) is 3. The number of hydrogen-bond acceptors (Lipinski definition) is 5. The van der Waals surface area contributed by atoms with Crippen molar-refractivity contribution in [2.75, 3.05) is 31.7 Å². The van der Waals surface area contributed by atoms with E-state index in [1.807, 2.05) is 54.6 Å². The number of aliphatic imine (C=N–C) groups is 1. The van der Waals surface area contributed by atoms with E-state index in [1.54, 1.807) is 6.20 Å². The van der Waals surface area contributed by atoms with Crippen LogP contribution in [0, 0.1) is 0 Å². The molecule has 0 fully saturated rings. The Bertz CT molecular complexity index is 967. The topological polar surface area (TPSA) is 92.8 Å². The van der Waals surface area contributed by atoms with Gasteiger partial charge in [0, 0.05) is 30.9 Å². The first-order chi connectivity index (χ1) is 15.4. The second-order valence-electron chi connectivity index (χ2n) is 7.03. The van der Waals surface area contributed by atoms with Gasteiger partial charge in [0.05, 0.1) is 32.1 Å². The standard InChI is InChI=1S/C23H27N5O3.HI/c1-2-6-20(7-3-1)29-13-4-11-24-23(25-17-19-10-12-26-28-19)27-18-8-9-21-22(16-18)31-15-5-14-30-21;/h1-3,6-10,12,16H,4-5,11,13-15,17H2,(H,26,28)(H2,24,25,27);1H. The maximum Gasteiger partial charge on any atom is 0.196 e. The van der Waals surface area contributed by atoms with Crippen molar-refractivity contribution >= 4 is 35.6 Å². The summed E-state index contributed by atoms with van der Waals surface area (Å²) in [6.45, 7) is 3.14. The molecule has 1 aliphatic rings. The highest BCUT2D eigenvalue weighted by atomic mass is 127. The van der Waals surface area contributed by atoms with E-state index < -0.39 is 0 Å². The third-order valence-corrected chi connectivity index (χ3v) is 4.60. The molecular formula is C23H28IN5O3. The number of aromatic nitrogens is 2. The third kappa shape index (κ3) is 7.33. The number of nitrogens with one attached hydrogen (secondary N) is 3. The summed E-state index contributed by atoms with van der Waals surface area (Å²) < 4.78 is 17.3. The number of rotatable bonds is 8. The Kier molecular flexibility index (Phi) is 9.48. The fourth-order valence-corrected chi connectivity index (χ4v) is 3.04. The van der Waals surface area contributed by atoms with Crippen molar-refractivity contribution in [2.24, 2.45) is 4.99 Å². The van der Waals surface area contributed by atoms with Gasteiger partial charge < -0.3 is 24.8 Å². The first-order valence-corrected chi connectivity index (χ1v) is 10.5. The number of halogens is 1. The molecule has 3 N–H and O–H groups in total. The van der Waals surface area contributed by atoms with Gasteiger partial charge >= 0.3 is 0 Å². The van der Waals surface area contributed by atoms with Crippen LogP contribution in [-0.2, 0) is 6.54 Å². The van der Waals surface area contributed by atoms with Crippen LogP contribution in [0.4, 0.5) is 5.69 Å². The molecule has 4 rings (SSSR count). The van der Waals surface area contributed by atoms with Gasteiger partial charge in [0.1, 0.15) is 5.75 Å². The number of aromatic amines is 1. The van der Waals surface area contributed by atoms with E-state index in [0.717, 1.165) is 41.5 Å². The molecular weight excluding hydrogens is 521 g/mol. The van der Waals surface area contributed by atoms with E-state index in [0.29, 0.717) is 38.9 Å².